The van der Waals surface area contributed by atoms with Crippen molar-refractivity contribution in [3.05, 3.63) is 311 Å². The summed E-state index contributed by atoms with van der Waals surface area (Å²) < 4.78 is 104. The smallest absolute Gasteiger partial charge is 0.229 e. The number of ether oxygens (including phenoxy) is 15. The van der Waals surface area contributed by atoms with Gasteiger partial charge in [0.1, 0.15) is 78.6 Å². The lowest BCUT2D eigenvalue weighted by molar-refractivity contribution is -0.373. The zero-order valence-corrected chi connectivity index (χ0v) is 53.8. The Kier molecular flexibility index (Phi) is 25.4. The minimum Gasteiger partial charge on any atom is -0.497 e. The number of aliphatic hydroxyl groups excluding tert-OH is 1. The molecule has 3 saturated heterocycles. The van der Waals surface area contributed by atoms with Crippen LogP contribution in [0.25, 0.3) is 0 Å². The highest BCUT2D eigenvalue weighted by Gasteiger charge is 2.55. The molecule has 96 heavy (non-hydrogen) atoms. The normalized spacial score (nSPS) is 25.0. The fourth-order valence-electron chi connectivity index (χ4n) is 11.9. The lowest BCUT2D eigenvalue weighted by Crippen LogP contribution is -2.66. The molecule has 9 aromatic rings. The highest BCUT2D eigenvalue weighted by molar-refractivity contribution is 5.31. The van der Waals surface area contributed by atoms with Crippen molar-refractivity contribution in [2.24, 2.45) is 0 Å². The van der Waals surface area contributed by atoms with Gasteiger partial charge in [0.25, 0.3) is 0 Å². The number of hydrogen-bond acceptors (Lipinski definition) is 16. The molecule has 12 rings (SSSR count). The quantitative estimate of drug-likeness (QED) is 0.0414. The third kappa shape index (κ3) is 19.4. The highest BCUT2D eigenvalue weighted by atomic mass is 16.8. The molecule has 1 N–H and O–H groups in total. The van der Waals surface area contributed by atoms with Gasteiger partial charge in [-0.2, -0.15) is 0 Å². The van der Waals surface area contributed by atoms with Crippen LogP contribution in [0.5, 0.6) is 11.5 Å². The van der Waals surface area contributed by atoms with Crippen molar-refractivity contribution in [1.29, 1.82) is 0 Å². The van der Waals surface area contributed by atoms with Gasteiger partial charge in [0.05, 0.1) is 79.8 Å². The first kappa shape index (κ1) is 68.0. The number of aliphatic hydroxyl groups is 1. The van der Waals surface area contributed by atoms with Crippen LogP contribution in [0, 0.1) is 0 Å². The number of methoxy groups -OCH3 is 1. The average molecular weight is 1300 g/mol. The molecule has 3 heterocycles. The van der Waals surface area contributed by atoms with Crippen molar-refractivity contribution in [3.63, 3.8) is 0 Å². The maximum Gasteiger partial charge on any atom is 0.229 e. The molecule has 0 unspecified atom stereocenters. The highest BCUT2D eigenvalue weighted by Crippen LogP contribution is 2.38. The molecule has 0 radical (unpaired) electrons. The zero-order valence-electron chi connectivity index (χ0n) is 53.8. The van der Waals surface area contributed by atoms with Crippen LogP contribution in [-0.2, 0) is 114 Å². The molecule has 9 aromatic carbocycles. The molecule has 16 heteroatoms. The van der Waals surface area contributed by atoms with Gasteiger partial charge in [-0.25, -0.2) is 0 Å². The Balaban J connectivity index is 0.913. The van der Waals surface area contributed by atoms with E-state index in [1.807, 2.05) is 267 Å². The number of benzene rings is 9. The Labute approximate surface area is 562 Å². The first-order valence-corrected chi connectivity index (χ1v) is 32.8. The summed E-state index contributed by atoms with van der Waals surface area (Å²) in [6, 6.07) is 86.4. The Morgan fingerprint density at radius 1 is 0.312 bits per heavy atom. The molecule has 0 amide bonds. The van der Waals surface area contributed by atoms with Crippen LogP contribution in [-0.4, -0.2) is 118 Å². The molecule has 500 valence electrons. The molecule has 0 aliphatic carbocycles. The molecular weight excluding hydrogens is 1220 g/mol. The Morgan fingerprint density at radius 2 is 0.656 bits per heavy atom. The number of hydrogen-bond donors (Lipinski definition) is 1. The van der Waals surface area contributed by atoms with E-state index in [0.717, 1.165) is 44.5 Å². The van der Waals surface area contributed by atoms with E-state index in [0.29, 0.717) is 18.1 Å². The second kappa shape index (κ2) is 35.8. The second-order valence-electron chi connectivity index (χ2n) is 23.9. The molecule has 3 aliphatic heterocycles. The van der Waals surface area contributed by atoms with Crippen molar-refractivity contribution < 1.29 is 76.2 Å². The van der Waals surface area contributed by atoms with Crippen LogP contribution in [0.1, 0.15) is 44.5 Å². The van der Waals surface area contributed by atoms with Crippen LogP contribution in [0.2, 0.25) is 0 Å². The van der Waals surface area contributed by atoms with Crippen LogP contribution >= 0.6 is 0 Å². The van der Waals surface area contributed by atoms with E-state index in [4.69, 9.17) is 71.1 Å². The van der Waals surface area contributed by atoms with E-state index in [1.54, 1.807) is 7.11 Å². The van der Waals surface area contributed by atoms with Crippen LogP contribution in [0.15, 0.2) is 267 Å². The molecule has 3 fully saturated rings. The van der Waals surface area contributed by atoms with Crippen molar-refractivity contribution >= 4 is 0 Å². The van der Waals surface area contributed by atoms with Gasteiger partial charge in [-0.05, 0) is 68.8 Å². The predicted molar refractivity (Wildman–Crippen MR) is 359 cm³/mol. The largest absolute Gasteiger partial charge is 0.497 e. The SMILES string of the molecule is COc1ccc(O[C@@H]2O[C@H](COCc3ccccc3)[C@@H](O[C@@H]3O[C@H](CO[C@H]4OC[C@@H](OCc5ccccc5)[C@H](OCc5ccccc5)[C@H]4OCc4ccccc4)[C@@H](O)[C@H](OCc4ccccc4)[C@H]3OCc3ccccc3)[C@H](OCc3ccccc3)[C@H]2OCc2ccccc2)cc1. The lowest BCUT2D eigenvalue weighted by Gasteiger charge is -2.49. The average Bonchev–Trinajstić information content (AvgIpc) is 0.802. The third-order valence-electron chi connectivity index (χ3n) is 17.0. The maximum absolute atomic E-state index is 13.1. The lowest BCUT2D eigenvalue weighted by atomic mass is 9.96. The minimum absolute atomic E-state index is 0.00302. The summed E-state index contributed by atoms with van der Waals surface area (Å²) in [5, 5.41) is 13.1. The van der Waals surface area contributed by atoms with Crippen molar-refractivity contribution in [2.45, 2.75) is 139 Å². The van der Waals surface area contributed by atoms with Gasteiger partial charge in [0.15, 0.2) is 12.6 Å². The van der Waals surface area contributed by atoms with Crippen molar-refractivity contribution in [3.8, 4) is 11.5 Å². The zero-order chi connectivity index (χ0) is 65.4. The van der Waals surface area contributed by atoms with Crippen LogP contribution < -0.4 is 9.47 Å². The standard InChI is InChI=1S/C80H84O16/c1-82-65-42-44-66(45-43-65)93-79-77(90-53-64-40-24-9-25-41-64)74(87-50-61-34-18-6-19-35-61)72(69(95-79)54-83-46-57-26-10-2-11-27-57)96-80-76(89-52-63-38-22-8-23-39-63)73(86-49-60-32-16-5-17-33-60)70(81)67(94-80)55-91-78-75(88-51-62-36-20-7-21-37-62)71(85-48-59-30-14-4-15-31-59)68(56-92-78)84-47-58-28-12-3-13-29-58/h2-45,67-81H,46-56H2,1H3/t67-,68-,69-,70-,71+,72-,73+,74+,75-,76-,77-,78+,79-,80+/m1/s1. The van der Waals surface area contributed by atoms with Gasteiger partial charge in [-0.1, -0.05) is 243 Å². The predicted octanol–water partition coefficient (Wildman–Crippen LogP) is 13.0. The summed E-state index contributed by atoms with van der Waals surface area (Å²) >= 11 is 0. The van der Waals surface area contributed by atoms with Crippen molar-refractivity contribution in [2.75, 3.05) is 26.9 Å². The second-order valence-corrected chi connectivity index (χ2v) is 23.9. The molecular formula is C80H84O16. The fourth-order valence-corrected chi connectivity index (χ4v) is 11.9. The van der Waals surface area contributed by atoms with Crippen LogP contribution in [0.4, 0.5) is 0 Å². The Morgan fingerprint density at radius 3 is 1.08 bits per heavy atom. The van der Waals surface area contributed by atoms with E-state index in [1.165, 1.54) is 0 Å². The Hall–Kier alpha value is -7.98. The summed E-state index contributed by atoms with van der Waals surface area (Å²) in [5.41, 5.74) is 7.40. The molecule has 0 saturated carbocycles. The topological polar surface area (TPSA) is 159 Å². The molecule has 0 spiro atoms. The maximum atomic E-state index is 13.1. The first-order chi connectivity index (χ1) is 47.5. The van der Waals surface area contributed by atoms with Crippen molar-refractivity contribution in [1.82, 2.24) is 0 Å². The summed E-state index contributed by atoms with van der Waals surface area (Å²) in [4.78, 5) is 0. The van der Waals surface area contributed by atoms with Gasteiger partial charge >= 0.3 is 0 Å². The van der Waals surface area contributed by atoms with Gasteiger partial charge < -0.3 is 76.2 Å². The summed E-state index contributed by atoms with van der Waals surface area (Å²) in [6.45, 7) is 1.37. The van der Waals surface area contributed by atoms with Crippen LogP contribution in [0.3, 0.4) is 0 Å². The van der Waals surface area contributed by atoms with Gasteiger partial charge in [0, 0.05) is 0 Å². The van der Waals surface area contributed by atoms with E-state index in [-0.39, 0.29) is 66.1 Å². The number of rotatable bonds is 33. The van der Waals surface area contributed by atoms with Gasteiger partial charge in [-0.3, -0.25) is 0 Å². The minimum atomic E-state index is -1.38. The molecule has 0 bridgehead atoms. The summed E-state index contributed by atoms with van der Waals surface area (Å²) in [6.07, 6.45) is -14.3. The third-order valence-corrected chi connectivity index (χ3v) is 17.0. The van der Waals surface area contributed by atoms with E-state index < -0.39 is 86.0 Å². The van der Waals surface area contributed by atoms with E-state index in [9.17, 15) is 5.11 Å². The summed E-state index contributed by atoms with van der Waals surface area (Å²) in [7, 11) is 1.62. The molecule has 3 aliphatic rings. The van der Waals surface area contributed by atoms with Gasteiger partial charge in [-0.15, -0.1) is 0 Å². The Bertz CT molecular complexity index is 3590. The summed E-state index contributed by atoms with van der Waals surface area (Å²) in [5.74, 6) is 1.15. The van der Waals surface area contributed by atoms with E-state index >= 15 is 0 Å². The molecule has 0 aromatic heterocycles. The van der Waals surface area contributed by atoms with Gasteiger partial charge in [0.2, 0.25) is 6.29 Å². The molecule has 14 atom stereocenters. The van der Waals surface area contributed by atoms with E-state index in [2.05, 4.69) is 0 Å². The monoisotopic (exact) mass is 1300 g/mol. The first-order valence-electron chi connectivity index (χ1n) is 32.8. The fraction of sp³-hybridized carbons (Fsp3) is 0.325. The molecule has 16 nitrogen and oxygen atoms in total.